The minimum absolute atomic E-state index is 0.173. The maximum absolute atomic E-state index is 13.1. The number of oxazole rings is 1. The number of fused-ring (bicyclic) bond motifs is 1. The van der Waals surface area contributed by atoms with Crippen molar-refractivity contribution in [3.05, 3.63) is 65.5 Å². The molecule has 0 aliphatic carbocycles. The Morgan fingerprint density at radius 1 is 1.26 bits per heavy atom. The largest absolute Gasteiger partial charge is 0.497 e. The Balaban J connectivity index is 1.46. The molecule has 2 heterocycles. The van der Waals surface area contributed by atoms with E-state index in [4.69, 9.17) is 9.15 Å². The molecule has 0 radical (unpaired) electrons. The van der Waals surface area contributed by atoms with Gasteiger partial charge in [-0.2, -0.15) is 5.10 Å². The first-order chi connectivity index (χ1) is 14.9. The third-order valence-corrected chi connectivity index (χ3v) is 5.36. The second kappa shape index (κ2) is 8.76. The molecule has 0 spiro atoms. The van der Waals surface area contributed by atoms with Gasteiger partial charge in [-0.3, -0.25) is 9.48 Å². The lowest BCUT2D eigenvalue weighted by Crippen LogP contribution is -2.13. The molecule has 31 heavy (non-hydrogen) atoms. The number of thioether (sulfide) groups is 1. The van der Waals surface area contributed by atoms with E-state index in [1.54, 1.807) is 25.3 Å². The number of carbonyl (C=O) groups excluding carboxylic acids is 1. The number of hydrogen-bond donors (Lipinski definition) is 1. The summed E-state index contributed by atoms with van der Waals surface area (Å²) in [6, 6.07) is 12.6. The second-order valence-corrected chi connectivity index (χ2v) is 7.58. The normalized spacial score (nSPS) is 11.3. The average molecular weight is 444 g/mol. The lowest BCUT2D eigenvalue weighted by atomic mass is 10.2. The number of amides is 1. The third kappa shape index (κ3) is 4.69. The van der Waals surface area contributed by atoms with Crippen molar-refractivity contribution in [2.45, 2.75) is 17.4 Å². The molecule has 0 atom stereocenters. The van der Waals surface area contributed by atoms with E-state index in [1.165, 1.54) is 29.7 Å². The molecule has 4 aromatic rings. The van der Waals surface area contributed by atoms with Crippen molar-refractivity contribution in [3.8, 4) is 5.75 Å². The number of benzene rings is 2. The molecule has 0 aliphatic heterocycles. The first-order valence-corrected chi connectivity index (χ1v) is 10.2. The Bertz CT molecular complexity index is 1220. The SMILES string of the molecule is COc1ccc(CSc2nc3cc(NC(=O)c4cn(C)nc4C(F)F)ccc3o2)cc1. The van der Waals surface area contributed by atoms with E-state index in [0.717, 1.165) is 11.3 Å². The summed E-state index contributed by atoms with van der Waals surface area (Å²) in [7, 11) is 3.10. The Morgan fingerprint density at radius 2 is 2.03 bits per heavy atom. The number of alkyl halides is 2. The Labute approximate surface area is 180 Å². The van der Waals surface area contributed by atoms with E-state index >= 15 is 0 Å². The van der Waals surface area contributed by atoms with Crippen molar-refractivity contribution in [2.24, 2.45) is 7.05 Å². The first kappa shape index (κ1) is 20.9. The fourth-order valence-corrected chi connectivity index (χ4v) is 3.75. The van der Waals surface area contributed by atoms with Gasteiger partial charge < -0.3 is 14.5 Å². The van der Waals surface area contributed by atoms with Gasteiger partial charge in [-0.15, -0.1) is 0 Å². The molecular formula is C21H18F2N4O3S. The zero-order valence-electron chi connectivity index (χ0n) is 16.6. The van der Waals surface area contributed by atoms with E-state index in [-0.39, 0.29) is 5.56 Å². The highest BCUT2D eigenvalue weighted by Crippen LogP contribution is 2.29. The number of methoxy groups -OCH3 is 1. The molecule has 4 rings (SSSR count). The first-order valence-electron chi connectivity index (χ1n) is 9.22. The van der Waals surface area contributed by atoms with Crippen molar-refractivity contribution < 1.29 is 22.7 Å². The highest BCUT2D eigenvalue weighted by atomic mass is 32.2. The number of nitrogens with one attached hydrogen (secondary N) is 1. The monoisotopic (exact) mass is 444 g/mol. The Kier molecular flexibility index (Phi) is 5.90. The third-order valence-electron chi connectivity index (χ3n) is 4.46. The van der Waals surface area contributed by atoms with Gasteiger partial charge in [-0.25, -0.2) is 13.8 Å². The topological polar surface area (TPSA) is 82.2 Å². The average Bonchev–Trinajstić information content (AvgIpc) is 3.35. The number of anilines is 1. The van der Waals surface area contributed by atoms with Crippen molar-refractivity contribution in [3.63, 3.8) is 0 Å². The van der Waals surface area contributed by atoms with Crippen LogP contribution in [0.2, 0.25) is 0 Å². The molecule has 0 saturated carbocycles. The van der Waals surface area contributed by atoms with Crippen LogP contribution in [0.1, 0.15) is 28.0 Å². The quantitative estimate of drug-likeness (QED) is 0.402. The minimum Gasteiger partial charge on any atom is -0.497 e. The van der Waals surface area contributed by atoms with Crippen molar-refractivity contribution in [1.82, 2.24) is 14.8 Å². The summed E-state index contributed by atoms with van der Waals surface area (Å²) in [6.07, 6.45) is -1.58. The molecule has 1 N–H and O–H groups in total. The number of aryl methyl sites for hydroxylation is 1. The van der Waals surface area contributed by atoms with E-state index < -0.39 is 18.0 Å². The molecule has 160 valence electrons. The molecule has 10 heteroatoms. The number of rotatable bonds is 7. The van der Waals surface area contributed by atoms with Gasteiger partial charge >= 0.3 is 0 Å². The van der Waals surface area contributed by atoms with Crippen LogP contribution in [0.4, 0.5) is 14.5 Å². The van der Waals surface area contributed by atoms with Crippen LogP contribution in [0.5, 0.6) is 5.75 Å². The van der Waals surface area contributed by atoms with Crippen molar-refractivity contribution in [2.75, 3.05) is 12.4 Å². The molecule has 2 aromatic heterocycles. The highest BCUT2D eigenvalue weighted by molar-refractivity contribution is 7.98. The van der Waals surface area contributed by atoms with Crippen LogP contribution in [0.15, 0.2) is 58.3 Å². The van der Waals surface area contributed by atoms with Gasteiger partial charge in [0, 0.05) is 24.7 Å². The predicted molar refractivity (Wildman–Crippen MR) is 113 cm³/mol. The van der Waals surface area contributed by atoms with Gasteiger partial charge in [0.25, 0.3) is 17.6 Å². The number of aromatic nitrogens is 3. The smallest absolute Gasteiger partial charge is 0.282 e. The van der Waals surface area contributed by atoms with Crippen LogP contribution < -0.4 is 10.1 Å². The molecular weight excluding hydrogens is 426 g/mol. The van der Waals surface area contributed by atoms with E-state index in [1.807, 2.05) is 24.3 Å². The summed E-state index contributed by atoms with van der Waals surface area (Å²) in [4.78, 5) is 16.9. The zero-order chi connectivity index (χ0) is 22.0. The minimum atomic E-state index is -2.84. The van der Waals surface area contributed by atoms with Crippen LogP contribution >= 0.6 is 11.8 Å². The lowest BCUT2D eigenvalue weighted by molar-refractivity contribution is 0.101. The van der Waals surface area contributed by atoms with Crippen molar-refractivity contribution >= 4 is 34.5 Å². The standard InChI is InChI=1S/C21H18F2N4O3S/c1-27-10-15(18(26-27)19(22)23)20(28)24-13-5-8-17-16(9-13)25-21(30-17)31-11-12-3-6-14(29-2)7-4-12/h3-10,19H,11H2,1-2H3,(H,24,28). The zero-order valence-corrected chi connectivity index (χ0v) is 17.5. The van der Waals surface area contributed by atoms with Gasteiger partial charge in [0.15, 0.2) is 5.58 Å². The molecule has 0 unspecified atom stereocenters. The summed E-state index contributed by atoms with van der Waals surface area (Å²) in [6.45, 7) is 0. The van der Waals surface area contributed by atoms with Crippen LogP contribution in [0.25, 0.3) is 11.1 Å². The van der Waals surface area contributed by atoms with Crippen LogP contribution in [0.3, 0.4) is 0 Å². The number of nitrogens with zero attached hydrogens (tertiary/aromatic N) is 3. The van der Waals surface area contributed by atoms with Gasteiger partial charge in [0.1, 0.15) is 17.0 Å². The molecule has 0 bridgehead atoms. The van der Waals surface area contributed by atoms with Gasteiger partial charge in [0.05, 0.1) is 12.7 Å². The second-order valence-electron chi connectivity index (χ2n) is 6.66. The van der Waals surface area contributed by atoms with E-state index in [2.05, 4.69) is 15.4 Å². The fraction of sp³-hybridized carbons (Fsp3) is 0.190. The molecule has 0 aliphatic rings. The highest BCUT2D eigenvalue weighted by Gasteiger charge is 2.23. The van der Waals surface area contributed by atoms with Gasteiger partial charge in [-0.05, 0) is 35.9 Å². The van der Waals surface area contributed by atoms with E-state index in [9.17, 15) is 13.6 Å². The number of halogens is 2. The molecule has 0 saturated heterocycles. The van der Waals surface area contributed by atoms with Gasteiger partial charge in [-0.1, -0.05) is 23.9 Å². The van der Waals surface area contributed by atoms with Crippen LogP contribution in [-0.2, 0) is 12.8 Å². The number of hydrogen-bond acceptors (Lipinski definition) is 6. The van der Waals surface area contributed by atoms with Gasteiger partial charge in [0.2, 0.25) is 0 Å². The van der Waals surface area contributed by atoms with Crippen molar-refractivity contribution in [1.29, 1.82) is 0 Å². The Hall–Kier alpha value is -3.40. The summed E-state index contributed by atoms with van der Waals surface area (Å²) < 4.78 is 38.3. The summed E-state index contributed by atoms with van der Waals surface area (Å²) in [5.41, 5.74) is 1.89. The molecule has 0 fully saturated rings. The molecule has 1 amide bonds. The van der Waals surface area contributed by atoms with Crippen LogP contribution in [-0.4, -0.2) is 27.8 Å². The number of carbonyl (C=O) groups is 1. The predicted octanol–water partition coefficient (Wildman–Crippen LogP) is 5.05. The maximum atomic E-state index is 13.1. The maximum Gasteiger partial charge on any atom is 0.282 e. The lowest BCUT2D eigenvalue weighted by Gasteiger charge is -2.04. The fourth-order valence-electron chi connectivity index (χ4n) is 2.95. The molecule has 2 aromatic carbocycles. The summed E-state index contributed by atoms with van der Waals surface area (Å²) >= 11 is 1.44. The summed E-state index contributed by atoms with van der Waals surface area (Å²) in [5, 5.41) is 6.75. The molecule has 7 nitrogen and oxygen atoms in total. The summed E-state index contributed by atoms with van der Waals surface area (Å²) in [5.74, 6) is 0.787. The van der Waals surface area contributed by atoms with Crippen LogP contribution in [0, 0.1) is 0 Å². The number of ether oxygens (including phenoxy) is 1. The Morgan fingerprint density at radius 3 is 2.74 bits per heavy atom. The van der Waals surface area contributed by atoms with E-state index in [0.29, 0.717) is 27.8 Å².